The maximum atomic E-state index is 13.1. The summed E-state index contributed by atoms with van der Waals surface area (Å²) in [6, 6.07) is 5.81. The number of thiocarbonyl (C=S) groups is 1. The van der Waals surface area contributed by atoms with E-state index in [1.54, 1.807) is 32.7 Å². The molecule has 0 bridgehead atoms. The van der Waals surface area contributed by atoms with Gasteiger partial charge in [0.05, 0.1) is 28.8 Å². The second-order valence-corrected chi connectivity index (χ2v) is 9.15. The van der Waals surface area contributed by atoms with Gasteiger partial charge in [0, 0.05) is 24.0 Å². The molecule has 1 aliphatic rings. The van der Waals surface area contributed by atoms with Crippen LogP contribution in [0.4, 0.5) is 32.0 Å². The van der Waals surface area contributed by atoms with Gasteiger partial charge in [0.15, 0.2) is 5.11 Å². The summed E-state index contributed by atoms with van der Waals surface area (Å²) in [6.07, 6.45) is -10.5. The van der Waals surface area contributed by atoms with Gasteiger partial charge in [0.2, 0.25) is 0 Å². The average Bonchev–Trinajstić information content (AvgIpc) is 2.80. The number of allylic oxidation sites excluding steroid dienone is 1. The van der Waals surface area contributed by atoms with Crippen LogP contribution in [0.2, 0.25) is 0 Å². The molecule has 13 heteroatoms. The lowest BCUT2D eigenvalue weighted by Crippen LogP contribution is -2.46. The molecule has 1 aliphatic heterocycles. The van der Waals surface area contributed by atoms with E-state index in [9.17, 15) is 35.9 Å². The summed E-state index contributed by atoms with van der Waals surface area (Å²) in [5.74, 6) is -1.73. The van der Waals surface area contributed by atoms with E-state index in [0.717, 1.165) is 0 Å². The first kappa shape index (κ1) is 29.0. The number of carbonyl (C=O) groups excluding carboxylic acids is 2. The molecule has 38 heavy (non-hydrogen) atoms. The van der Waals surface area contributed by atoms with Crippen molar-refractivity contribution in [1.29, 1.82) is 0 Å². The minimum absolute atomic E-state index is 0.0536. The van der Waals surface area contributed by atoms with Gasteiger partial charge < -0.3 is 20.3 Å². The highest BCUT2D eigenvalue weighted by molar-refractivity contribution is 7.80. The molecular weight excluding hydrogens is 536 g/mol. The van der Waals surface area contributed by atoms with Crippen molar-refractivity contribution in [1.82, 2.24) is 10.2 Å². The monoisotopic (exact) mass is 559 g/mol. The summed E-state index contributed by atoms with van der Waals surface area (Å²) in [5.41, 5.74) is -2.49. The summed E-state index contributed by atoms with van der Waals surface area (Å²) < 4.78 is 84.2. The number of alkyl halides is 6. The number of amides is 1. The van der Waals surface area contributed by atoms with Crippen LogP contribution in [0.15, 0.2) is 53.7 Å². The second kappa shape index (κ2) is 10.6. The standard InChI is InChI=1S/C25H23F6N3O3S/c1-12(2)37-22(36)19-13(3)34(4)23(38)33-20(19)14-5-7-18(8-6-14)32-21(35)15-9-16(24(26,27)28)11-17(10-15)25(29,30)31/h5-12,20H,1-4H3,(H,32,35)(H,33,38). The summed E-state index contributed by atoms with van der Waals surface area (Å²) in [5, 5.41) is 5.68. The number of halogens is 6. The molecule has 0 aliphatic carbocycles. The number of hydrogen-bond donors (Lipinski definition) is 2. The molecule has 0 saturated carbocycles. The molecule has 0 aromatic heterocycles. The molecule has 2 N–H and O–H groups in total. The largest absolute Gasteiger partial charge is 0.459 e. The third-order valence-electron chi connectivity index (χ3n) is 5.67. The van der Waals surface area contributed by atoms with Crippen LogP contribution in [0.3, 0.4) is 0 Å². The lowest BCUT2D eigenvalue weighted by Gasteiger charge is -2.35. The Bertz CT molecular complexity index is 1250. The van der Waals surface area contributed by atoms with Crippen LogP contribution in [0.5, 0.6) is 0 Å². The molecule has 2 aromatic rings. The molecule has 2 aromatic carbocycles. The normalized spacial score (nSPS) is 16.4. The van der Waals surface area contributed by atoms with Crippen LogP contribution in [0, 0.1) is 0 Å². The zero-order chi connectivity index (χ0) is 28.6. The molecule has 1 heterocycles. The van der Waals surface area contributed by atoms with E-state index in [4.69, 9.17) is 17.0 Å². The highest BCUT2D eigenvalue weighted by atomic mass is 32.1. The smallest absolute Gasteiger partial charge is 0.416 e. The number of nitrogens with one attached hydrogen (secondary N) is 2. The Morgan fingerprint density at radius 2 is 1.53 bits per heavy atom. The summed E-state index contributed by atoms with van der Waals surface area (Å²) in [4.78, 5) is 27.0. The number of hydrogen-bond acceptors (Lipinski definition) is 4. The van der Waals surface area contributed by atoms with Crippen molar-refractivity contribution in [2.24, 2.45) is 0 Å². The van der Waals surface area contributed by atoms with Gasteiger partial charge in [-0.3, -0.25) is 4.79 Å². The minimum atomic E-state index is -5.08. The molecular formula is C25H23F6N3O3S. The minimum Gasteiger partial charge on any atom is -0.459 e. The van der Waals surface area contributed by atoms with Crippen molar-refractivity contribution in [3.8, 4) is 0 Å². The predicted molar refractivity (Wildman–Crippen MR) is 131 cm³/mol. The molecule has 6 nitrogen and oxygen atoms in total. The van der Waals surface area contributed by atoms with Gasteiger partial charge in [0.25, 0.3) is 5.91 Å². The highest BCUT2D eigenvalue weighted by Gasteiger charge is 2.38. The zero-order valence-corrected chi connectivity index (χ0v) is 21.4. The van der Waals surface area contributed by atoms with E-state index in [-0.39, 0.29) is 17.9 Å². The molecule has 1 atom stereocenters. The van der Waals surface area contributed by atoms with Crippen molar-refractivity contribution in [2.75, 3.05) is 12.4 Å². The molecule has 0 fully saturated rings. The van der Waals surface area contributed by atoms with E-state index < -0.39 is 47.0 Å². The van der Waals surface area contributed by atoms with Crippen LogP contribution in [-0.2, 0) is 21.9 Å². The van der Waals surface area contributed by atoms with Gasteiger partial charge in [-0.05, 0) is 68.9 Å². The van der Waals surface area contributed by atoms with Crippen LogP contribution < -0.4 is 10.6 Å². The van der Waals surface area contributed by atoms with Crippen molar-refractivity contribution < 1.29 is 40.7 Å². The Balaban J connectivity index is 1.90. The first-order chi connectivity index (χ1) is 17.5. The number of carbonyl (C=O) groups is 2. The maximum Gasteiger partial charge on any atom is 0.416 e. The SMILES string of the molecule is CC1=C(C(=O)OC(C)C)C(c2ccc(NC(=O)c3cc(C(F)(F)F)cc(C(F)(F)F)c3)cc2)NC(=S)N1C. The van der Waals surface area contributed by atoms with E-state index >= 15 is 0 Å². The molecule has 1 amide bonds. The lowest BCUT2D eigenvalue weighted by atomic mass is 9.95. The van der Waals surface area contributed by atoms with Crippen molar-refractivity contribution >= 4 is 34.9 Å². The summed E-state index contributed by atoms with van der Waals surface area (Å²) >= 11 is 5.33. The van der Waals surface area contributed by atoms with Crippen molar-refractivity contribution in [3.63, 3.8) is 0 Å². The van der Waals surface area contributed by atoms with Gasteiger partial charge >= 0.3 is 18.3 Å². The van der Waals surface area contributed by atoms with E-state index in [1.165, 1.54) is 24.3 Å². The van der Waals surface area contributed by atoms with E-state index in [0.29, 0.717) is 34.1 Å². The van der Waals surface area contributed by atoms with Crippen LogP contribution in [-0.4, -0.2) is 35.0 Å². The van der Waals surface area contributed by atoms with Crippen LogP contribution in [0.25, 0.3) is 0 Å². The molecule has 0 radical (unpaired) electrons. The lowest BCUT2D eigenvalue weighted by molar-refractivity contribution is -0.144. The predicted octanol–water partition coefficient (Wildman–Crippen LogP) is 6.06. The van der Waals surface area contributed by atoms with Crippen molar-refractivity contribution in [3.05, 3.63) is 76.0 Å². The van der Waals surface area contributed by atoms with Gasteiger partial charge in [0.1, 0.15) is 0 Å². The molecule has 204 valence electrons. The van der Waals surface area contributed by atoms with E-state index in [2.05, 4.69) is 10.6 Å². The first-order valence-electron chi connectivity index (χ1n) is 11.2. The van der Waals surface area contributed by atoms with E-state index in [1.807, 2.05) is 0 Å². The Labute approximate surface area is 219 Å². The fourth-order valence-corrected chi connectivity index (χ4v) is 3.93. The van der Waals surface area contributed by atoms with Crippen molar-refractivity contribution in [2.45, 2.75) is 45.3 Å². The zero-order valence-electron chi connectivity index (χ0n) is 20.5. The Morgan fingerprint density at radius 1 is 1.00 bits per heavy atom. The molecule has 1 unspecified atom stereocenters. The highest BCUT2D eigenvalue weighted by Crippen LogP contribution is 2.37. The Hall–Kier alpha value is -3.61. The molecule has 0 saturated heterocycles. The number of esters is 1. The average molecular weight is 560 g/mol. The number of anilines is 1. The quantitative estimate of drug-likeness (QED) is 0.264. The first-order valence-corrected chi connectivity index (χ1v) is 11.6. The number of rotatable bonds is 5. The number of benzene rings is 2. The summed E-state index contributed by atoms with van der Waals surface area (Å²) in [7, 11) is 1.68. The van der Waals surface area contributed by atoms with Gasteiger partial charge in [-0.25, -0.2) is 4.79 Å². The number of nitrogens with zero attached hydrogens (tertiary/aromatic N) is 1. The Morgan fingerprint density at radius 3 is 2.00 bits per heavy atom. The van der Waals surface area contributed by atoms with Crippen LogP contribution in [0.1, 0.15) is 53.9 Å². The number of ether oxygens (including phenoxy) is 1. The maximum absolute atomic E-state index is 13.1. The topological polar surface area (TPSA) is 70.7 Å². The second-order valence-electron chi connectivity index (χ2n) is 8.77. The van der Waals surface area contributed by atoms with Gasteiger partial charge in [-0.2, -0.15) is 26.3 Å². The van der Waals surface area contributed by atoms with Gasteiger partial charge in [-0.1, -0.05) is 12.1 Å². The fourth-order valence-electron chi connectivity index (χ4n) is 3.68. The third kappa shape index (κ3) is 6.44. The fraction of sp³-hybridized carbons (Fsp3) is 0.320. The van der Waals surface area contributed by atoms with Gasteiger partial charge in [-0.15, -0.1) is 0 Å². The Kier molecular flexibility index (Phi) is 8.10. The third-order valence-corrected chi connectivity index (χ3v) is 6.06. The molecule has 0 spiro atoms. The molecule has 3 rings (SSSR count). The van der Waals surface area contributed by atoms with Crippen LogP contribution >= 0.6 is 12.2 Å². The summed E-state index contributed by atoms with van der Waals surface area (Å²) in [6.45, 7) is 5.11.